The van der Waals surface area contributed by atoms with Gasteiger partial charge in [0.2, 0.25) is 11.8 Å². The first-order valence-electron chi connectivity index (χ1n) is 12.6. The number of hydrogen-bond acceptors (Lipinski definition) is 8. The molecule has 2 aliphatic rings. The lowest BCUT2D eigenvalue weighted by atomic mass is 9.73. The predicted molar refractivity (Wildman–Crippen MR) is 139 cm³/mol. The molecule has 12 heteroatoms. The number of nitrogens with two attached hydrogens (primary N) is 1. The molecule has 38 heavy (non-hydrogen) atoms. The number of nitrogens with one attached hydrogen (secondary N) is 3. The van der Waals surface area contributed by atoms with Gasteiger partial charge in [-0.05, 0) is 48.4 Å². The van der Waals surface area contributed by atoms with Gasteiger partial charge in [0, 0.05) is 44.1 Å². The van der Waals surface area contributed by atoms with E-state index in [1.54, 1.807) is 53.7 Å². The predicted octanol–water partition coefficient (Wildman–Crippen LogP) is -0.265. The zero-order valence-electron chi connectivity index (χ0n) is 21.2. The Morgan fingerprint density at radius 1 is 1.11 bits per heavy atom. The van der Waals surface area contributed by atoms with Crippen molar-refractivity contribution in [1.82, 2.24) is 25.4 Å². The molecule has 4 rings (SSSR count). The highest BCUT2D eigenvalue weighted by molar-refractivity contribution is 5.95. The number of pyridine rings is 1. The van der Waals surface area contributed by atoms with Gasteiger partial charge in [-0.15, -0.1) is 0 Å². The van der Waals surface area contributed by atoms with Crippen LogP contribution >= 0.6 is 0 Å². The number of carboxylic acids is 1. The van der Waals surface area contributed by atoms with E-state index < -0.39 is 23.7 Å². The van der Waals surface area contributed by atoms with E-state index >= 15 is 0 Å². The molecule has 0 radical (unpaired) electrons. The van der Waals surface area contributed by atoms with Crippen molar-refractivity contribution < 1.29 is 24.2 Å². The Kier molecular flexibility index (Phi) is 8.23. The number of carboxylic acid groups (broad SMARTS) is 1. The van der Waals surface area contributed by atoms with E-state index in [2.05, 4.69) is 15.6 Å². The highest BCUT2D eigenvalue weighted by atomic mass is 16.5. The first-order chi connectivity index (χ1) is 18.3. The first kappa shape index (κ1) is 27.0. The van der Waals surface area contributed by atoms with Crippen molar-refractivity contribution in [3.63, 3.8) is 0 Å². The van der Waals surface area contributed by atoms with E-state index in [0.717, 1.165) is 0 Å². The van der Waals surface area contributed by atoms with Crippen LogP contribution in [0.5, 0.6) is 5.75 Å². The molecule has 0 bridgehead atoms. The van der Waals surface area contributed by atoms with Crippen LogP contribution in [0.2, 0.25) is 0 Å². The maximum atomic E-state index is 13.5. The summed E-state index contributed by atoms with van der Waals surface area (Å²) in [6.07, 6.45) is 2.53. The lowest BCUT2D eigenvalue weighted by molar-refractivity contribution is -0.173. The fourth-order valence-corrected chi connectivity index (χ4v) is 5.43. The van der Waals surface area contributed by atoms with E-state index in [4.69, 9.17) is 15.9 Å². The number of amides is 2. The Balaban J connectivity index is 1.95. The van der Waals surface area contributed by atoms with Crippen LogP contribution in [-0.4, -0.2) is 94.9 Å². The molecule has 1 aromatic heterocycles. The number of amidine groups is 1. The summed E-state index contributed by atoms with van der Waals surface area (Å²) >= 11 is 0. The molecular weight excluding hydrogens is 490 g/mol. The fraction of sp³-hybridized carbons (Fsp3) is 0.423. The monoisotopic (exact) mass is 523 g/mol. The number of hydrogen-bond donors (Lipinski definition) is 5. The number of aliphatic carboxylic acids is 1. The molecule has 2 aromatic rings. The molecule has 2 saturated heterocycles. The molecule has 12 nitrogen and oxygen atoms in total. The van der Waals surface area contributed by atoms with Crippen molar-refractivity contribution in [2.75, 3.05) is 39.3 Å². The molecule has 6 N–H and O–H groups in total. The molecule has 0 saturated carbocycles. The Morgan fingerprint density at radius 2 is 1.74 bits per heavy atom. The van der Waals surface area contributed by atoms with Gasteiger partial charge in [0.05, 0.1) is 13.1 Å². The second-order valence-corrected chi connectivity index (χ2v) is 9.24. The van der Waals surface area contributed by atoms with E-state index in [1.165, 1.54) is 4.90 Å². The average molecular weight is 524 g/mol. The van der Waals surface area contributed by atoms with Gasteiger partial charge < -0.3 is 36.0 Å². The fourth-order valence-electron chi connectivity index (χ4n) is 5.43. The number of piperazine rings is 2. The van der Waals surface area contributed by atoms with Crippen LogP contribution in [0.4, 0.5) is 0 Å². The van der Waals surface area contributed by atoms with Crippen molar-refractivity contribution in [3.05, 3.63) is 59.9 Å². The molecule has 3 heterocycles. The highest BCUT2D eigenvalue weighted by Gasteiger charge is 2.60. The van der Waals surface area contributed by atoms with Crippen LogP contribution in [0.1, 0.15) is 24.5 Å². The zero-order chi connectivity index (χ0) is 27.3. The van der Waals surface area contributed by atoms with Crippen LogP contribution in [0.3, 0.4) is 0 Å². The summed E-state index contributed by atoms with van der Waals surface area (Å²) in [7, 11) is 0. The van der Waals surface area contributed by atoms with E-state index in [-0.39, 0.29) is 43.8 Å². The van der Waals surface area contributed by atoms with Crippen molar-refractivity contribution >= 4 is 23.6 Å². The minimum absolute atomic E-state index is 0.00410. The number of rotatable bonds is 10. The number of carbonyl (C=O) groups is 3. The van der Waals surface area contributed by atoms with Crippen molar-refractivity contribution in [3.8, 4) is 5.75 Å². The molecule has 3 unspecified atom stereocenters. The van der Waals surface area contributed by atoms with Gasteiger partial charge in [0.15, 0.2) is 6.04 Å². The quantitative estimate of drug-likeness (QED) is 0.208. The third kappa shape index (κ3) is 5.04. The van der Waals surface area contributed by atoms with Crippen molar-refractivity contribution in [2.45, 2.75) is 31.0 Å². The maximum Gasteiger partial charge on any atom is 0.329 e. The largest absolute Gasteiger partial charge is 0.488 e. The van der Waals surface area contributed by atoms with Crippen LogP contribution in [-0.2, 0) is 19.9 Å². The molecule has 2 fully saturated rings. The SMILES string of the molecule is CCC(Oc1ccc(C(=N)N)cc1)C(c1ccncc1)(C(C(=O)O)N1CCNCC1=O)N1CCNCC1=O. The molecule has 0 spiro atoms. The van der Waals surface area contributed by atoms with E-state index in [9.17, 15) is 19.5 Å². The molecule has 3 atom stereocenters. The van der Waals surface area contributed by atoms with E-state index in [1.807, 2.05) is 6.92 Å². The maximum absolute atomic E-state index is 13.5. The molecule has 202 valence electrons. The molecule has 2 amide bonds. The molecule has 1 aromatic carbocycles. The Bertz CT molecular complexity index is 1180. The Hall–Kier alpha value is -4.03. The molecule has 2 aliphatic heterocycles. The van der Waals surface area contributed by atoms with Gasteiger partial charge in [-0.25, -0.2) is 4.79 Å². The van der Waals surface area contributed by atoms with Crippen molar-refractivity contribution in [2.24, 2.45) is 5.73 Å². The second kappa shape index (κ2) is 11.6. The smallest absolute Gasteiger partial charge is 0.329 e. The minimum atomic E-state index is -1.59. The number of benzene rings is 1. The summed E-state index contributed by atoms with van der Waals surface area (Å²) in [4.78, 5) is 47.0. The Morgan fingerprint density at radius 3 is 2.29 bits per heavy atom. The lowest BCUT2D eigenvalue weighted by Gasteiger charge is -2.55. The third-order valence-electron chi connectivity index (χ3n) is 7.07. The number of nitrogens with zero attached hydrogens (tertiary/aromatic N) is 3. The number of ether oxygens (including phenoxy) is 1. The van der Waals surface area contributed by atoms with Gasteiger partial charge in [-0.1, -0.05) is 6.92 Å². The summed E-state index contributed by atoms with van der Waals surface area (Å²) in [6.45, 7) is 3.12. The molecule has 0 aliphatic carbocycles. The van der Waals surface area contributed by atoms with Gasteiger partial charge >= 0.3 is 5.97 Å². The first-order valence-corrected chi connectivity index (χ1v) is 12.6. The number of nitrogen functional groups attached to an aromatic ring is 1. The summed E-state index contributed by atoms with van der Waals surface area (Å²) < 4.78 is 6.51. The van der Waals surface area contributed by atoms with Gasteiger partial charge in [0.1, 0.15) is 23.2 Å². The topological polar surface area (TPSA) is 174 Å². The zero-order valence-corrected chi connectivity index (χ0v) is 21.2. The summed E-state index contributed by atoms with van der Waals surface area (Å²) in [5.41, 5.74) is 5.03. The highest BCUT2D eigenvalue weighted by Crippen LogP contribution is 2.42. The summed E-state index contributed by atoms with van der Waals surface area (Å²) in [6, 6.07) is 8.52. The van der Waals surface area contributed by atoms with Gasteiger partial charge in [0.25, 0.3) is 0 Å². The Labute approximate surface area is 220 Å². The second-order valence-electron chi connectivity index (χ2n) is 9.24. The third-order valence-corrected chi connectivity index (χ3v) is 7.07. The average Bonchev–Trinajstić information content (AvgIpc) is 2.92. The van der Waals surface area contributed by atoms with Crippen LogP contribution in [0, 0.1) is 5.41 Å². The van der Waals surface area contributed by atoms with Gasteiger partial charge in [-0.2, -0.15) is 0 Å². The lowest BCUT2D eigenvalue weighted by Crippen LogP contribution is -2.74. The standard InChI is InChI=1S/C26H33N7O5/c1-2-20(38-19-5-3-17(4-6-19)24(27)28)26(18-7-9-29-10-8-18,33-14-12-31-16-22(33)35)23(25(36)37)32-13-11-30-15-21(32)34/h3-10,20,23,30-31H,2,11-16H2,1H3,(H3,27,28)(H,36,37). The molecular formula is C26H33N7O5. The van der Waals surface area contributed by atoms with Crippen LogP contribution in [0.15, 0.2) is 48.8 Å². The van der Waals surface area contributed by atoms with E-state index in [0.29, 0.717) is 36.4 Å². The number of aromatic nitrogens is 1. The number of carbonyl (C=O) groups excluding carboxylic acids is 2. The van der Waals surface area contributed by atoms with Crippen molar-refractivity contribution in [1.29, 1.82) is 5.41 Å². The van der Waals surface area contributed by atoms with Gasteiger partial charge in [-0.3, -0.25) is 20.0 Å². The van der Waals surface area contributed by atoms with Crippen LogP contribution in [0.25, 0.3) is 0 Å². The van der Waals surface area contributed by atoms with Crippen LogP contribution < -0.4 is 21.1 Å². The summed E-state index contributed by atoms with van der Waals surface area (Å²) in [5, 5.41) is 24.5. The minimum Gasteiger partial charge on any atom is -0.488 e. The summed E-state index contributed by atoms with van der Waals surface area (Å²) in [5.74, 6) is -1.58. The normalized spacial score (nSPS) is 19.4.